The molecule has 0 aliphatic carbocycles. The van der Waals surface area contributed by atoms with Crippen LogP contribution >= 0.6 is 11.6 Å². The Balaban J connectivity index is 1.37. The maximum Gasteiger partial charge on any atom is 0.331 e. The number of sulfone groups is 1. The van der Waals surface area contributed by atoms with Crippen molar-refractivity contribution in [3.63, 3.8) is 0 Å². The van der Waals surface area contributed by atoms with Crippen molar-refractivity contribution in [3.8, 4) is 11.1 Å². The summed E-state index contributed by atoms with van der Waals surface area (Å²) in [6.45, 7) is 2.23. The van der Waals surface area contributed by atoms with Crippen LogP contribution in [0.2, 0.25) is 5.02 Å². The van der Waals surface area contributed by atoms with E-state index in [-0.39, 0.29) is 28.2 Å². The van der Waals surface area contributed by atoms with E-state index in [1.807, 2.05) is 24.3 Å². The molecule has 0 saturated carbocycles. The maximum atomic E-state index is 14.3. The molecule has 1 atom stereocenters. The molecule has 3 amide bonds. The van der Waals surface area contributed by atoms with Crippen LogP contribution in [0.15, 0.2) is 58.3 Å². The number of anilines is 1. The lowest BCUT2D eigenvalue weighted by Crippen LogP contribution is -2.51. The average molecular weight is 646 g/mol. The van der Waals surface area contributed by atoms with Crippen LogP contribution in [0.25, 0.3) is 11.1 Å². The monoisotopic (exact) mass is 645 g/mol. The van der Waals surface area contributed by atoms with Gasteiger partial charge in [-0.2, -0.15) is 0 Å². The van der Waals surface area contributed by atoms with Crippen LogP contribution in [0.3, 0.4) is 0 Å². The summed E-state index contributed by atoms with van der Waals surface area (Å²) in [6.07, 6.45) is 3.95. The number of amides is 3. The van der Waals surface area contributed by atoms with Gasteiger partial charge in [0.25, 0.3) is 5.56 Å². The molecule has 0 bridgehead atoms. The lowest BCUT2D eigenvalue weighted by Gasteiger charge is -2.38. The highest BCUT2D eigenvalue weighted by Crippen LogP contribution is 2.28. The molecule has 5 rings (SSSR count). The van der Waals surface area contributed by atoms with Crippen LogP contribution in [0.5, 0.6) is 0 Å². The number of nitrogens with zero attached hydrogens (tertiary/aromatic N) is 4. The van der Waals surface area contributed by atoms with Gasteiger partial charge in [0.05, 0.1) is 22.4 Å². The molecule has 14 heteroatoms. The molecule has 1 saturated heterocycles. The summed E-state index contributed by atoms with van der Waals surface area (Å²) < 4.78 is 40.1. The molecule has 1 unspecified atom stereocenters. The van der Waals surface area contributed by atoms with Crippen molar-refractivity contribution in [2.45, 2.75) is 44.8 Å². The third-order valence-corrected chi connectivity index (χ3v) is 9.59. The van der Waals surface area contributed by atoms with Gasteiger partial charge in [0.15, 0.2) is 0 Å². The first-order valence-electron chi connectivity index (χ1n) is 14.3. The third kappa shape index (κ3) is 6.58. The molecular formula is C30H33ClFN5O6S. The number of nitrogens with one attached hydrogen (secondary N) is 1. The number of urea groups is 1. The van der Waals surface area contributed by atoms with Crippen LogP contribution in [0.4, 0.5) is 14.9 Å². The predicted molar refractivity (Wildman–Crippen MR) is 165 cm³/mol. The van der Waals surface area contributed by atoms with E-state index >= 15 is 0 Å². The highest BCUT2D eigenvalue weighted by Gasteiger charge is 2.32. The van der Waals surface area contributed by atoms with Gasteiger partial charge in [0, 0.05) is 49.4 Å². The molecule has 234 valence electrons. The van der Waals surface area contributed by atoms with Gasteiger partial charge in [0.2, 0.25) is 5.91 Å². The molecule has 3 heterocycles. The summed E-state index contributed by atoms with van der Waals surface area (Å²) in [5.74, 6) is -1.67. The molecule has 0 spiro atoms. The second-order valence-electron chi connectivity index (χ2n) is 11.3. The zero-order valence-corrected chi connectivity index (χ0v) is 25.9. The first kappa shape index (κ1) is 31.5. The van der Waals surface area contributed by atoms with E-state index in [4.69, 9.17) is 11.6 Å². The van der Waals surface area contributed by atoms with Gasteiger partial charge >= 0.3 is 11.7 Å². The number of carbonyl (C=O) groups is 2. The van der Waals surface area contributed by atoms with Crippen LogP contribution in [0, 0.1) is 5.82 Å². The van der Waals surface area contributed by atoms with Crippen LogP contribution < -0.4 is 16.6 Å². The molecule has 3 aromatic rings. The molecule has 1 aromatic heterocycles. The number of piperidine rings is 1. The topological polar surface area (TPSA) is 131 Å². The van der Waals surface area contributed by atoms with Crippen molar-refractivity contribution in [2.24, 2.45) is 0 Å². The highest BCUT2D eigenvalue weighted by molar-refractivity contribution is 7.90. The Morgan fingerprint density at radius 2 is 1.75 bits per heavy atom. The summed E-state index contributed by atoms with van der Waals surface area (Å²) in [6, 6.07) is 10.2. The van der Waals surface area contributed by atoms with E-state index in [0.717, 1.165) is 32.7 Å². The van der Waals surface area contributed by atoms with Crippen LogP contribution in [0.1, 0.15) is 31.4 Å². The number of hydrogen-bond donors (Lipinski definition) is 1. The zero-order chi connectivity index (χ0) is 31.8. The number of hydrogen-bond acceptors (Lipinski definition) is 6. The van der Waals surface area contributed by atoms with Gasteiger partial charge in [0.1, 0.15) is 22.2 Å². The largest absolute Gasteiger partial charge is 0.341 e. The fourth-order valence-electron chi connectivity index (χ4n) is 5.94. The predicted octanol–water partition coefficient (Wildman–Crippen LogP) is 3.16. The van der Waals surface area contributed by atoms with Gasteiger partial charge in [-0.1, -0.05) is 41.9 Å². The van der Waals surface area contributed by atoms with Crippen molar-refractivity contribution in [1.29, 1.82) is 0 Å². The molecule has 44 heavy (non-hydrogen) atoms. The normalized spacial score (nSPS) is 16.7. The molecule has 0 radical (unpaired) electrons. The van der Waals surface area contributed by atoms with Gasteiger partial charge in [-0.3, -0.25) is 18.7 Å². The van der Waals surface area contributed by atoms with E-state index in [0.29, 0.717) is 38.9 Å². The molecule has 2 aromatic carbocycles. The number of aromatic nitrogens is 2. The number of fused-ring (bicyclic) bond motifs is 1. The number of para-hydroxylation sites is 1. The SMILES string of the molecule is CC(CS(C)(=O)=O)n1c(=O)c(-c2cccc(F)c2Cl)cn(CC(=O)N2CCC(N3CCc4ccccc4NC3=O)CC2)c1=O. The molecule has 2 aliphatic rings. The smallest absolute Gasteiger partial charge is 0.331 e. The minimum Gasteiger partial charge on any atom is -0.341 e. The third-order valence-electron chi connectivity index (χ3n) is 8.12. The van der Waals surface area contributed by atoms with E-state index in [2.05, 4.69) is 5.32 Å². The summed E-state index contributed by atoms with van der Waals surface area (Å²) in [5.41, 5.74) is 0.00939. The highest BCUT2D eigenvalue weighted by atomic mass is 35.5. The first-order valence-corrected chi connectivity index (χ1v) is 16.7. The Hall–Kier alpha value is -3.97. The molecule has 1 fully saturated rings. The van der Waals surface area contributed by atoms with Gasteiger partial charge < -0.3 is 15.1 Å². The Morgan fingerprint density at radius 1 is 1.05 bits per heavy atom. The Morgan fingerprint density at radius 3 is 2.45 bits per heavy atom. The Labute approximate surface area is 258 Å². The number of benzene rings is 2. The lowest BCUT2D eigenvalue weighted by atomic mass is 10.0. The lowest BCUT2D eigenvalue weighted by molar-refractivity contribution is -0.133. The van der Waals surface area contributed by atoms with Crippen LogP contribution in [-0.4, -0.2) is 77.0 Å². The number of likely N-dealkylation sites (tertiary alicyclic amines) is 1. The van der Waals surface area contributed by atoms with Gasteiger partial charge in [-0.05, 0) is 43.9 Å². The molecular weight excluding hydrogens is 613 g/mol. The standard InChI is InChI=1S/C30H33ClFN5O6S/c1-19(18-44(2,42)43)37-28(39)23(22-7-5-8-24(32)27(22)31)16-35(30(37)41)17-26(38)34-13-11-21(12-14-34)36-15-10-20-6-3-4-9-25(20)33-29(36)40/h3-9,16,19,21H,10-15,17-18H2,1-2H3,(H,33,40). The van der Waals surface area contributed by atoms with E-state index in [1.54, 1.807) is 9.80 Å². The van der Waals surface area contributed by atoms with E-state index < -0.39 is 51.2 Å². The summed E-state index contributed by atoms with van der Waals surface area (Å²) in [4.78, 5) is 56.8. The fraction of sp³-hybridized carbons (Fsp3) is 0.400. The van der Waals surface area contributed by atoms with Crippen molar-refractivity contribution in [1.82, 2.24) is 18.9 Å². The Bertz CT molecular complexity index is 1830. The summed E-state index contributed by atoms with van der Waals surface area (Å²) in [5, 5.41) is 2.63. The molecule has 2 aliphatic heterocycles. The van der Waals surface area contributed by atoms with Crippen molar-refractivity contribution in [3.05, 3.63) is 85.9 Å². The summed E-state index contributed by atoms with van der Waals surface area (Å²) in [7, 11) is -3.59. The molecule has 11 nitrogen and oxygen atoms in total. The van der Waals surface area contributed by atoms with Crippen LogP contribution in [-0.2, 0) is 27.6 Å². The number of halogens is 2. The van der Waals surface area contributed by atoms with E-state index in [1.165, 1.54) is 25.3 Å². The number of rotatable bonds is 7. The van der Waals surface area contributed by atoms with Crippen molar-refractivity contribution >= 4 is 39.1 Å². The van der Waals surface area contributed by atoms with Crippen molar-refractivity contribution < 1.29 is 22.4 Å². The summed E-state index contributed by atoms with van der Waals surface area (Å²) >= 11 is 6.17. The Kier molecular flexibility index (Phi) is 8.98. The van der Waals surface area contributed by atoms with Gasteiger partial charge in [-0.25, -0.2) is 22.4 Å². The average Bonchev–Trinajstić information content (AvgIpc) is 3.13. The minimum absolute atomic E-state index is 0.0110. The second-order valence-corrected chi connectivity index (χ2v) is 13.9. The molecule has 1 N–H and O–H groups in total. The second kappa shape index (κ2) is 12.6. The van der Waals surface area contributed by atoms with Gasteiger partial charge in [-0.15, -0.1) is 0 Å². The fourth-order valence-corrected chi connectivity index (χ4v) is 7.20. The quantitative estimate of drug-likeness (QED) is 0.420. The minimum atomic E-state index is -3.59. The zero-order valence-electron chi connectivity index (χ0n) is 24.3. The number of carbonyl (C=O) groups excluding carboxylic acids is 2. The first-order chi connectivity index (χ1) is 20.8. The van der Waals surface area contributed by atoms with Crippen molar-refractivity contribution in [2.75, 3.05) is 37.0 Å². The van der Waals surface area contributed by atoms with E-state index in [9.17, 15) is 32.0 Å². The maximum absolute atomic E-state index is 14.3.